The molecule has 0 fully saturated rings. The van der Waals surface area contributed by atoms with Gasteiger partial charge in [0, 0.05) is 6.07 Å². The maximum Gasteiger partial charge on any atom is 0.416 e. The van der Waals surface area contributed by atoms with Gasteiger partial charge in [-0.25, -0.2) is 0 Å². The molecule has 0 aromatic heterocycles. The average Bonchev–Trinajstić information content (AvgIpc) is 2.42. The first-order chi connectivity index (χ1) is 9.77. The van der Waals surface area contributed by atoms with Crippen molar-refractivity contribution in [2.75, 3.05) is 5.73 Å². The Balaban J connectivity index is 2.13. The van der Waals surface area contributed by atoms with E-state index in [0.717, 1.165) is 12.1 Å². The Bertz CT molecular complexity index is 626. The lowest BCUT2D eigenvalue weighted by Crippen LogP contribution is -2.07. The van der Waals surface area contributed by atoms with Crippen LogP contribution in [0.5, 0.6) is 5.75 Å². The summed E-state index contributed by atoms with van der Waals surface area (Å²) >= 11 is 5.81. The monoisotopic (exact) mass is 315 g/mol. The molecule has 2 aromatic rings. The lowest BCUT2D eigenvalue weighted by molar-refractivity contribution is -0.137. The Labute approximate surface area is 125 Å². The fraction of sp³-hybridized carbons (Fsp3) is 0.200. The molecular formula is C15H13ClF3NO. The number of nitrogens with two attached hydrogens (primary N) is 1. The Hall–Kier alpha value is -1.88. The molecule has 0 aliphatic heterocycles. The summed E-state index contributed by atoms with van der Waals surface area (Å²) in [6.45, 7) is 1.74. The van der Waals surface area contributed by atoms with Crippen molar-refractivity contribution in [2.24, 2.45) is 0 Å². The fourth-order valence-electron chi connectivity index (χ4n) is 1.81. The van der Waals surface area contributed by atoms with Crippen molar-refractivity contribution in [3.05, 3.63) is 58.6 Å². The molecule has 0 bridgehead atoms. The zero-order valence-corrected chi connectivity index (χ0v) is 11.9. The van der Waals surface area contributed by atoms with Crippen LogP contribution in [0.4, 0.5) is 18.9 Å². The number of nitrogen functional groups attached to an aromatic ring is 1. The molecule has 2 N–H and O–H groups in total. The molecule has 0 aliphatic rings. The van der Waals surface area contributed by atoms with E-state index in [2.05, 4.69) is 0 Å². The van der Waals surface area contributed by atoms with Crippen molar-refractivity contribution >= 4 is 17.3 Å². The second kappa shape index (κ2) is 5.85. The molecule has 0 amide bonds. The lowest BCUT2D eigenvalue weighted by atomic mass is 10.1. The molecule has 0 spiro atoms. The summed E-state index contributed by atoms with van der Waals surface area (Å²) in [7, 11) is 0. The van der Waals surface area contributed by atoms with Crippen molar-refractivity contribution in [1.82, 2.24) is 0 Å². The van der Waals surface area contributed by atoms with Crippen molar-refractivity contribution in [3.8, 4) is 5.75 Å². The quantitative estimate of drug-likeness (QED) is 0.801. The standard InChI is InChI=1S/C15H13ClF3NO/c1-9(21-12-6-7-13(16)14(20)8-12)10-2-4-11(5-3-10)15(17,18)19/h2-9H,20H2,1H3. The number of benzene rings is 2. The molecule has 1 unspecified atom stereocenters. The summed E-state index contributed by atoms with van der Waals surface area (Å²) < 4.78 is 43.1. The van der Waals surface area contributed by atoms with Crippen LogP contribution in [0.15, 0.2) is 42.5 Å². The van der Waals surface area contributed by atoms with Gasteiger partial charge in [-0.15, -0.1) is 0 Å². The Kier molecular flexibility index (Phi) is 4.32. The van der Waals surface area contributed by atoms with Gasteiger partial charge < -0.3 is 10.5 Å². The van der Waals surface area contributed by atoms with Gasteiger partial charge in [0.1, 0.15) is 11.9 Å². The number of alkyl halides is 3. The van der Waals surface area contributed by atoms with Crippen LogP contribution in [0.2, 0.25) is 5.02 Å². The van der Waals surface area contributed by atoms with Gasteiger partial charge in [0.25, 0.3) is 0 Å². The second-order valence-corrected chi connectivity index (χ2v) is 4.97. The molecular weight excluding hydrogens is 303 g/mol. The van der Waals surface area contributed by atoms with Crippen LogP contribution < -0.4 is 10.5 Å². The van der Waals surface area contributed by atoms with Crippen molar-refractivity contribution in [2.45, 2.75) is 19.2 Å². The molecule has 2 nitrogen and oxygen atoms in total. The highest BCUT2D eigenvalue weighted by molar-refractivity contribution is 6.33. The predicted molar refractivity (Wildman–Crippen MR) is 76.4 cm³/mol. The minimum Gasteiger partial charge on any atom is -0.486 e. The third kappa shape index (κ3) is 3.82. The SMILES string of the molecule is CC(Oc1ccc(Cl)c(N)c1)c1ccc(C(F)(F)F)cc1. The van der Waals surface area contributed by atoms with Crippen LogP contribution >= 0.6 is 11.6 Å². The highest BCUT2D eigenvalue weighted by Crippen LogP contribution is 2.31. The lowest BCUT2D eigenvalue weighted by Gasteiger charge is -2.16. The van der Waals surface area contributed by atoms with Crippen LogP contribution in [0, 0.1) is 0 Å². The highest BCUT2D eigenvalue weighted by atomic mass is 35.5. The van der Waals surface area contributed by atoms with Crippen LogP contribution in [-0.2, 0) is 6.18 Å². The van der Waals surface area contributed by atoms with E-state index in [9.17, 15) is 13.2 Å². The van der Waals surface area contributed by atoms with Gasteiger partial charge in [-0.3, -0.25) is 0 Å². The maximum absolute atomic E-state index is 12.5. The molecule has 0 radical (unpaired) electrons. The number of ether oxygens (including phenoxy) is 1. The predicted octanol–water partition coefficient (Wildman–Crippen LogP) is 5.08. The number of hydrogen-bond donors (Lipinski definition) is 1. The van der Waals surface area contributed by atoms with E-state index in [1.54, 1.807) is 25.1 Å². The number of anilines is 1. The summed E-state index contributed by atoms with van der Waals surface area (Å²) in [4.78, 5) is 0. The maximum atomic E-state index is 12.5. The van der Waals surface area contributed by atoms with Crippen molar-refractivity contribution < 1.29 is 17.9 Å². The molecule has 0 heterocycles. The van der Waals surface area contributed by atoms with Gasteiger partial charge in [0.15, 0.2) is 0 Å². The topological polar surface area (TPSA) is 35.2 Å². The van der Waals surface area contributed by atoms with Crippen LogP contribution in [-0.4, -0.2) is 0 Å². The molecule has 2 aromatic carbocycles. The summed E-state index contributed by atoms with van der Waals surface area (Å²) in [6, 6.07) is 9.68. The smallest absolute Gasteiger partial charge is 0.416 e. The minimum absolute atomic E-state index is 0.383. The number of halogens is 4. The summed E-state index contributed by atoms with van der Waals surface area (Å²) in [5.41, 5.74) is 6.00. The molecule has 0 aliphatic carbocycles. The summed E-state index contributed by atoms with van der Waals surface area (Å²) in [5.74, 6) is 0.504. The van der Waals surface area contributed by atoms with Crippen LogP contribution in [0.3, 0.4) is 0 Å². The third-order valence-electron chi connectivity index (χ3n) is 2.99. The van der Waals surface area contributed by atoms with Gasteiger partial charge >= 0.3 is 6.18 Å². The molecule has 0 saturated carbocycles. The van der Waals surface area contributed by atoms with Crippen molar-refractivity contribution in [1.29, 1.82) is 0 Å². The Morgan fingerprint density at radius 1 is 1.10 bits per heavy atom. The first-order valence-electron chi connectivity index (χ1n) is 6.16. The molecule has 6 heteroatoms. The normalized spacial score (nSPS) is 13.0. The Morgan fingerprint density at radius 2 is 1.71 bits per heavy atom. The first-order valence-corrected chi connectivity index (χ1v) is 6.54. The van der Waals surface area contributed by atoms with E-state index in [4.69, 9.17) is 22.1 Å². The highest BCUT2D eigenvalue weighted by Gasteiger charge is 2.30. The zero-order chi connectivity index (χ0) is 15.6. The van der Waals surface area contributed by atoms with Gasteiger partial charge in [-0.1, -0.05) is 23.7 Å². The van der Waals surface area contributed by atoms with Crippen molar-refractivity contribution in [3.63, 3.8) is 0 Å². The number of hydrogen-bond acceptors (Lipinski definition) is 2. The van der Waals surface area contributed by atoms with E-state index in [1.165, 1.54) is 12.1 Å². The minimum atomic E-state index is -4.34. The Morgan fingerprint density at radius 3 is 2.24 bits per heavy atom. The molecule has 0 saturated heterocycles. The van der Waals surface area contributed by atoms with Gasteiger partial charge in [-0.2, -0.15) is 13.2 Å². The largest absolute Gasteiger partial charge is 0.486 e. The zero-order valence-electron chi connectivity index (χ0n) is 11.1. The van der Waals surface area contributed by atoms with Gasteiger partial charge in [-0.05, 0) is 36.8 Å². The summed E-state index contributed by atoms with van der Waals surface area (Å²) in [5, 5.41) is 0.421. The van der Waals surface area contributed by atoms with Crippen LogP contribution in [0.1, 0.15) is 24.2 Å². The van der Waals surface area contributed by atoms with Gasteiger partial charge in [0.2, 0.25) is 0 Å². The molecule has 1 atom stereocenters. The second-order valence-electron chi connectivity index (χ2n) is 4.56. The van der Waals surface area contributed by atoms with Gasteiger partial charge in [0.05, 0.1) is 16.3 Å². The van der Waals surface area contributed by atoms with E-state index in [1.807, 2.05) is 0 Å². The van der Waals surface area contributed by atoms with E-state index >= 15 is 0 Å². The molecule has 2 rings (SSSR count). The van der Waals surface area contributed by atoms with Crippen LogP contribution in [0.25, 0.3) is 0 Å². The average molecular weight is 316 g/mol. The molecule has 21 heavy (non-hydrogen) atoms. The fourth-order valence-corrected chi connectivity index (χ4v) is 1.93. The third-order valence-corrected chi connectivity index (χ3v) is 3.33. The molecule has 112 valence electrons. The van der Waals surface area contributed by atoms with E-state index in [0.29, 0.717) is 22.0 Å². The van der Waals surface area contributed by atoms with E-state index in [-0.39, 0.29) is 0 Å². The van der Waals surface area contributed by atoms with E-state index < -0.39 is 17.8 Å². The first kappa shape index (κ1) is 15.5. The summed E-state index contributed by atoms with van der Waals surface area (Å²) in [6.07, 6.45) is -4.75. The number of rotatable bonds is 3.